The molecular weight excluding hydrogens is 482 g/mol. The summed E-state index contributed by atoms with van der Waals surface area (Å²) in [5.74, 6) is -0.209. The lowest BCUT2D eigenvalue weighted by atomic mass is 9.95. The van der Waals surface area contributed by atoms with Crippen molar-refractivity contribution in [2.45, 2.75) is 30.7 Å². The van der Waals surface area contributed by atoms with E-state index < -0.39 is 10.0 Å². The Morgan fingerprint density at radius 1 is 0.784 bits per heavy atom. The molecule has 7 heteroatoms. The van der Waals surface area contributed by atoms with Crippen molar-refractivity contribution in [3.8, 4) is 0 Å². The quantitative estimate of drug-likeness (QED) is 0.488. The normalized spacial score (nSPS) is 19.7. The van der Waals surface area contributed by atoms with Crippen molar-refractivity contribution in [2.75, 3.05) is 39.3 Å². The number of hydrogen-bond donors (Lipinski definition) is 0. The predicted molar refractivity (Wildman–Crippen MR) is 146 cm³/mol. The molecule has 0 saturated carbocycles. The average Bonchev–Trinajstić information content (AvgIpc) is 2.95. The van der Waals surface area contributed by atoms with Crippen LogP contribution in [0.1, 0.15) is 35.6 Å². The molecule has 1 atom stereocenters. The van der Waals surface area contributed by atoms with Gasteiger partial charge in [-0.1, -0.05) is 78.4 Å². The number of amides is 1. The highest BCUT2D eigenvalue weighted by Gasteiger charge is 2.36. The maximum absolute atomic E-state index is 13.5. The topological polar surface area (TPSA) is 60.9 Å². The van der Waals surface area contributed by atoms with Crippen LogP contribution in [0.5, 0.6) is 0 Å². The van der Waals surface area contributed by atoms with Crippen molar-refractivity contribution in [3.05, 3.63) is 102 Å². The van der Waals surface area contributed by atoms with Gasteiger partial charge in [0.2, 0.25) is 15.9 Å². The summed E-state index contributed by atoms with van der Waals surface area (Å²) in [5.41, 5.74) is 3.52. The standard InChI is InChI=1S/C30H35N3O3S/c1-24-14-16-28(17-15-24)37(35,36)33-18-8-13-27(23-33)30(34)32-21-19-31(20-22-32)29(25-9-4-2-5-10-25)26-11-6-3-7-12-26/h2-7,9-12,14-17,27,29H,8,13,18-23H2,1H3/t27-/m0/s1. The molecule has 0 unspecified atom stereocenters. The second kappa shape index (κ2) is 11.2. The van der Waals surface area contributed by atoms with Gasteiger partial charge in [-0.2, -0.15) is 4.31 Å². The van der Waals surface area contributed by atoms with Crippen molar-refractivity contribution in [1.29, 1.82) is 0 Å². The molecule has 2 aliphatic heterocycles. The number of benzene rings is 3. The van der Waals surface area contributed by atoms with Gasteiger partial charge in [0.15, 0.2) is 0 Å². The van der Waals surface area contributed by atoms with E-state index in [-0.39, 0.29) is 24.4 Å². The Bertz CT molecular complexity index is 1250. The molecule has 37 heavy (non-hydrogen) atoms. The van der Waals surface area contributed by atoms with Crippen LogP contribution in [0.2, 0.25) is 0 Å². The van der Waals surface area contributed by atoms with Crippen LogP contribution in [-0.2, 0) is 14.8 Å². The molecule has 0 spiro atoms. The average molecular weight is 518 g/mol. The summed E-state index contributed by atoms with van der Waals surface area (Å²) < 4.78 is 28.0. The molecule has 3 aromatic carbocycles. The van der Waals surface area contributed by atoms with Crippen molar-refractivity contribution >= 4 is 15.9 Å². The third-order valence-corrected chi connectivity index (χ3v) is 9.49. The molecule has 0 N–H and O–H groups in total. The van der Waals surface area contributed by atoms with Crippen molar-refractivity contribution in [1.82, 2.24) is 14.1 Å². The first-order valence-electron chi connectivity index (χ1n) is 13.1. The van der Waals surface area contributed by atoms with Gasteiger partial charge >= 0.3 is 0 Å². The highest BCUT2D eigenvalue weighted by Crippen LogP contribution is 2.30. The molecule has 2 heterocycles. The SMILES string of the molecule is Cc1ccc(S(=O)(=O)N2CCC[C@H](C(=O)N3CCN(C(c4ccccc4)c4ccccc4)CC3)C2)cc1. The summed E-state index contributed by atoms with van der Waals surface area (Å²) in [6.07, 6.45) is 1.43. The maximum atomic E-state index is 13.5. The van der Waals surface area contributed by atoms with E-state index in [0.29, 0.717) is 31.0 Å². The zero-order valence-corrected chi connectivity index (χ0v) is 22.2. The Morgan fingerprint density at radius 3 is 1.92 bits per heavy atom. The lowest BCUT2D eigenvalue weighted by Crippen LogP contribution is -2.53. The fourth-order valence-electron chi connectivity index (χ4n) is 5.57. The molecule has 2 aliphatic rings. The van der Waals surface area contributed by atoms with Gasteiger partial charge in [-0.25, -0.2) is 8.42 Å². The number of nitrogens with zero attached hydrogens (tertiary/aromatic N) is 3. The second-order valence-corrected chi connectivity index (χ2v) is 12.0. The molecule has 0 bridgehead atoms. The monoisotopic (exact) mass is 517 g/mol. The lowest BCUT2D eigenvalue weighted by molar-refractivity contribution is -0.138. The van der Waals surface area contributed by atoms with E-state index in [2.05, 4.69) is 53.4 Å². The molecular formula is C30H35N3O3S. The van der Waals surface area contributed by atoms with Crippen molar-refractivity contribution in [3.63, 3.8) is 0 Å². The van der Waals surface area contributed by atoms with Crippen molar-refractivity contribution in [2.24, 2.45) is 5.92 Å². The zero-order valence-electron chi connectivity index (χ0n) is 21.4. The molecule has 0 aromatic heterocycles. The molecule has 1 amide bonds. The summed E-state index contributed by atoms with van der Waals surface area (Å²) in [6.45, 7) is 5.51. The minimum absolute atomic E-state index is 0.0828. The fourth-order valence-corrected chi connectivity index (χ4v) is 7.09. The third kappa shape index (κ3) is 5.64. The largest absolute Gasteiger partial charge is 0.340 e. The maximum Gasteiger partial charge on any atom is 0.243 e. The van der Waals surface area contributed by atoms with E-state index in [0.717, 1.165) is 25.1 Å². The number of carbonyl (C=O) groups is 1. The van der Waals surface area contributed by atoms with E-state index in [1.807, 2.05) is 36.1 Å². The molecule has 3 aromatic rings. The van der Waals surface area contributed by atoms with Gasteiger partial charge in [0.25, 0.3) is 0 Å². The van der Waals surface area contributed by atoms with Crippen LogP contribution in [0.3, 0.4) is 0 Å². The van der Waals surface area contributed by atoms with Crippen LogP contribution in [-0.4, -0.2) is 67.7 Å². The van der Waals surface area contributed by atoms with Crippen LogP contribution in [0.25, 0.3) is 0 Å². The predicted octanol–water partition coefficient (Wildman–Crippen LogP) is 4.33. The molecule has 2 fully saturated rings. The summed E-state index contributed by atoms with van der Waals surface area (Å²) >= 11 is 0. The van der Waals surface area contributed by atoms with Crippen LogP contribution < -0.4 is 0 Å². The van der Waals surface area contributed by atoms with Crippen LogP contribution >= 0.6 is 0 Å². The van der Waals surface area contributed by atoms with E-state index in [1.54, 1.807) is 12.1 Å². The first-order chi connectivity index (χ1) is 17.9. The van der Waals surface area contributed by atoms with E-state index >= 15 is 0 Å². The number of aryl methyl sites for hydroxylation is 1. The van der Waals surface area contributed by atoms with Gasteiger partial charge < -0.3 is 4.90 Å². The van der Waals surface area contributed by atoms with Gasteiger partial charge in [0, 0.05) is 39.3 Å². The van der Waals surface area contributed by atoms with Gasteiger partial charge in [-0.3, -0.25) is 9.69 Å². The Balaban J connectivity index is 1.25. The van der Waals surface area contributed by atoms with Crippen LogP contribution in [0.15, 0.2) is 89.8 Å². The Labute approximate surface area is 220 Å². The molecule has 0 aliphatic carbocycles. The summed E-state index contributed by atoms with van der Waals surface area (Å²) in [6, 6.07) is 28.1. The van der Waals surface area contributed by atoms with E-state index in [1.165, 1.54) is 15.4 Å². The minimum Gasteiger partial charge on any atom is -0.340 e. The molecule has 194 valence electrons. The van der Waals surface area contributed by atoms with Gasteiger partial charge in [-0.15, -0.1) is 0 Å². The number of piperazine rings is 1. The van der Waals surface area contributed by atoms with Crippen LogP contribution in [0.4, 0.5) is 0 Å². The smallest absolute Gasteiger partial charge is 0.243 e. The van der Waals surface area contributed by atoms with E-state index in [9.17, 15) is 13.2 Å². The van der Waals surface area contributed by atoms with Gasteiger partial charge in [0.05, 0.1) is 16.9 Å². The van der Waals surface area contributed by atoms with E-state index in [4.69, 9.17) is 0 Å². The molecule has 6 nitrogen and oxygen atoms in total. The van der Waals surface area contributed by atoms with Gasteiger partial charge in [0.1, 0.15) is 0 Å². The van der Waals surface area contributed by atoms with Crippen molar-refractivity contribution < 1.29 is 13.2 Å². The number of hydrogen-bond acceptors (Lipinski definition) is 4. The molecule has 0 radical (unpaired) electrons. The summed E-state index contributed by atoms with van der Waals surface area (Å²) in [5, 5.41) is 0. The number of sulfonamides is 1. The minimum atomic E-state index is -3.60. The fraction of sp³-hybridized carbons (Fsp3) is 0.367. The summed E-state index contributed by atoms with van der Waals surface area (Å²) in [7, 11) is -3.60. The number of rotatable bonds is 6. The highest BCUT2D eigenvalue weighted by molar-refractivity contribution is 7.89. The Morgan fingerprint density at radius 2 is 1.35 bits per heavy atom. The Hall–Kier alpha value is -3.00. The highest BCUT2D eigenvalue weighted by atomic mass is 32.2. The first kappa shape index (κ1) is 25.6. The second-order valence-electron chi connectivity index (χ2n) is 10.1. The number of piperidine rings is 1. The Kier molecular flexibility index (Phi) is 7.74. The van der Waals surface area contributed by atoms with Crippen LogP contribution in [0, 0.1) is 12.8 Å². The third-order valence-electron chi connectivity index (χ3n) is 7.61. The molecule has 2 saturated heterocycles. The molecule has 5 rings (SSSR count). The first-order valence-corrected chi connectivity index (χ1v) is 14.6. The van der Waals surface area contributed by atoms with Gasteiger partial charge in [-0.05, 0) is 43.0 Å². The zero-order chi connectivity index (χ0) is 25.8. The lowest BCUT2D eigenvalue weighted by Gasteiger charge is -2.41. The number of carbonyl (C=O) groups excluding carboxylic acids is 1. The summed E-state index contributed by atoms with van der Waals surface area (Å²) in [4.78, 5) is 18.2.